The van der Waals surface area contributed by atoms with E-state index in [-0.39, 0.29) is 5.82 Å². The molecule has 2 nitrogen and oxygen atoms in total. The third-order valence-corrected chi connectivity index (χ3v) is 3.07. The number of halogens is 1. The standard InChI is InChI=1S/C12H17FN2/c1-9-7-11(8-12(13)10(9)2)15-5-3-14-4-6-15/h7-8,14H,3-6H2,1-2H3. The average molecular weight is 208 g/mol. The van der Waals surface area contributed by atoms with E-state index in [9.17, 15) is 4.39 Å². The number of anilines is 1. The lowest BCUT2D eigenvalue weighted by Gasteiger charge is -2.30. The Labute approximate surface area is 90.1 Å². The first-order valence-electron chi connectivity index (χ1n) is 5.41. The molecule has 2 rings (SSSR count). The highest BCUT2D eigenvalue weighted by Gasteiger charge is 2.12. The van der Waals surface area contributed by atoms with E-state index in [0.29, 0.717) is 0 Å². The lowest BCUT2D eigenvalue weighted by atomic mass is 10.1. The minimum Gasteiger partial charge on any atom is -0.369 e. The summed E-state index contributed by atoms with van der Waals surface area (Å²) in [4.78, 5) is 2.23. The molecule has 1 fully saturated rings. The molecule has 0 saturated carbocycles. The van der Waals surface area contributed by atoms with Crippen LogP contribution in [0, 0.1) is 19.7 Å². The van der Waals surface area contributed by atoms with E-state index in [0.717, 1.165) is 43.0 Å². The van der Waals surface area contributed by atoms with Crippen molar-refractivity contribution in [2.24, 2.45) is 0 Å². The molecule has 1 heterocycles. The second-order valence-corrected chi connectivity index (χ2v) is 4.11. The molecule has 0 bridgehead atoms. The van der Waals surface area contributed by atoms with Gasteiger partial charge in [-0.1, -0.05) is 0 Å². The summed E-state index contributed by atoms with van der Waals surface area (Å²) < 4.78 is 13.6. The van der Waals surface area contributed by atoms with Crippen LogP contribution in [0.3, 0.4) is 0 Å². The minimum atomic E-state index is -0.0940. The van der Waals surface area contributed by atoms with Crippen molar-refractivity contribution >= 4 is 5.69 Å². The molecule has 1 aliphatic rings. The van der Waals surface area contributed by atoms with Gasteiger partial charge in [-0.3, -0.25) is 0 Å². The Kier molecular flexibility index (Phi) is 2.91. The third kappa shape index (κ3) is 2.12. The number of benzene rings is 1. The maximum atomic E-state index is 13.6. The van der Waals surface area contributed by atoms with E-state index in [2.05, 4.69) is 16.3 Å². The topological polar surface area (TPSA) is 15.3 Å². The van der Waals surface area contributed by atoms with Crippen molar-refractivity contribution < 1.29 is 4.39 Å². The molecule has 0 unspecified atom stereocenters. The maximum absolute atomic E-state index is 13.6. The van der Waals surface area contributed by atoms with Crippen LogP contribution >= 0.6 is 0 Å². The van der Waals surface area contributed by atoms with Crippen molar-refractivity contribution in [3.8, 4) is 0 Å². The van der Waals surface area contributed by atoms with Gasteiger partial charge in [0.05, 0.1) is 0 Å². The summed E-state index contributed by atoms with van der Waals surface area (Å²) in [6, 6.07) is 3.72. The average Bonchev–Trinajstić information content (AvgIpc) is 2.26. The molecule has 1 aromatic rings. The van der Waals surface area contributed by atoms with E-state index < -0.39 is 0 Å². The quantitative estimate of drug-likeness (QED) is 0.757. The highest BCUT2D eigenvalue weighted by Crippen LogP contribution is 2.22. The molecule has 0 spiro atoms. The second kappa shape index (κ2) is 4.19. The number of aryl methyl sites for hydroxylation is 1. The van der Waals surface area contributed by atoms with Gasteiger partial charge in [-0.05, 0) is 37.1 Å². The van der Waals surface area contributed by atoms with E-state index in [4.69, 9.17) is 0 Å². The SMILES string of the molecule is Cc1cc(N2CCNCC2)cc(F)c1C. The summed E-state index contributed by atoms with van der Waals surface area (Å²) in [5.41, 5.74) is 2.80. The summed E-state index contributed by atoms with van der Waals surface area (Å²) >= 11 is 0. The highest BCUT2D eigenvalue weighted by molar-refractivity contribution is 5.51. The Morgan fingerprint density at radius 1 is 1.20 bits per heavy atom. The zero-order valence-corrected chi connectivity index (χ0v) is 9.31. The predicted octanol–water partition coefficient (Wildman–Crippen LogP) is 1.85. The Morgan fingerprint density at radius 2 is 1.87 bits per heavy atom. The monoisotopic (exact) mass is 208 g/mol. The molecule has 15 heavy (non-hydrogen) atoms. The maximum Gasteiger partial charge on any atom is 0.128 e. The second-order valence-electron chi connectivity index (χ2n) is 4.11. The Bertz CT molecular complexity index is 334. The molecule has 1 saturated heterocycles. The summed E-state index contributed by atoms with van der Waals surface area (Å²) in [5, 5.41) is 3.29. The van der Waals surface area contributed by atoms with Gasteiger partial charge in [-0.25, -0.2) is 4.39 Å². The van der Waals surface area contributed by atoms with Gasteiger partial charge in [-0.15, -0.1) is 0 Å². The van der Waals surface area contributed by atoms with Crippen LogP contribution in [0.1, 0.15) is 11.1 Å². The summed E-state index contributed by atoms with van der Waals surface area (Å²) in [6.07, 6.45) is 0. The lowest BCUT2D eigenvalue weighted by Crippen LogP contribution is -2.43. The number of piperazine rings is 1. The fraction of sp³-hybridized carbons (Fsp3) is 0.500. The molecule has 1 aliphatic heterocycles. The van der Waals surface area contributed by atoms with Crippen molar-refractivity contribution in [3.05, 3.63) is 29.1 Å². The number of hydrogen-bond donors (Lipinski definition) is 1. The van der Waals surface area contributed by atoms with Crippen molar-refractivity contribution in [2.45, 2.75) is 13.8 Å². The van der Waals surface area contributed by atoms with E-state index in [1.165, 1.54) is 0 Å². The predicted molar refractivity (Wildman–Crippen MR) is 61.0 cm³/mol. The number of rotatable bonds is 1. The van der Waals surface area contributed by atoms with Gasteiger partial charge in [0, 0.05) is 31.9 Å². The molecular formula is C12H17FN2. The Hall–Kier alpha value is -1.09. The fourth-order valence-corrected chi connectivity index (χ4v) is 1.90. The molecule has 0 amide bonds. The van der Waals surface area contributed by atoms with Gasteiger partial charge in [0.2, 0.25) is 0 Å². The van der Waals surface area contributed by atoms with Crippen LogP contribution in [0.15, 0.2) is 12.1 Å². The van der Waals surface area contributed by atoms with Crippen LogP contribution in [0.25, 0.3) is 0 Å². The number of nitrogens with one attached hydrogen (secondary N) is 1. The fourth-order valence-electron chi connectivity index (χ4n) is 1.90. The first-order valence-corrected chi connectivity index (χ1v) is 5.41. The van der Waals surface area contributed by atoms with E-state index in [1.54, 1.807) is 6.07 Å². The molecular weight excluding hydrogens is 191 g/mol. The van der Waals surface area contributed by atoms with Crippen LogP contribution in [-0.4, -0.2) is 26.2 Å². The molecule has 1 aromatic carbocycles. The highest BCUT2D eigenvalue weighted by atomic mass is 19.1. The number of nitrogens with zero attached hydrogens (tertiary/aromatic N) is 1. The molecule has 82 valence electrons. The largest absolute Gasteiger partial charge is 0.369 e. The molecule has 3 heteroatoms. The first kappa shape index (κ1) is 10.4. The van der Waals surface area contributed by atoms with Crippen LogP contribution in [-0.2, 0) is 0 Å². The summed E-state index contributed by atoms with van der Waals surface area (Å²) in [5.74, 6) is -0.0940. The Balaban J connectivity index is 2.27. The normalized spacial score (nSPS) is 16.9. The molecule has 0 atom stereocenters. The van der Waals surface area contributed by atoms with Crippen molar-refractivity contribution in [1.82, 2.24) is 5.32 Å². The number of hydrogen-bond acceptors (Lipinski definition) is 2. The van der Waals surface area contributed by atoms with Crippen molar-refractivity contribution in [3.63, 3.8) is 0 Å². The summed E-state index contributed by atoms with van der Waals surface area (Å²) in [6.45, 7) is 7.67. The molecule has 0 aromatic heterocycles. The van der Waals surface area contributed by atoms with Crippen molar-refractivity contribution in [2.75, 3.05) is 31.1 Å². The van der Waals surface area contributed by atoms with E-state index in [1.807, 2.05) is 13.8 Å². The van der Waals surface area contributed by atoms with Crippen LogP contribution < -0.4 is 10.2 Å². The zero-order valence-electron chi connectivity index (χ0n) is 9.31. The van der Waals surface area contributed by atoms with Gasteiger partial charge in [0.25, 0.3) is 0 Å². The summed E-state index contributed by atoms with van der Waals surface area (Å²) in [7, 11) is 0. The van der Waals surface area contributed by atoms with E-state index >= 15 is 0 Å². The van der Waals surface area contributed by atoms with Gasteiger partial charge in [0.15, 0.2) is 0 Å². The molecule has 1 N–H and O–H groups in total. The van der Waals surface area contributed by atoms with Crippen LogP contribution in [0.5, 0.6) is 0 Å². The third-order valence-electron chi connectivity index (χ3n) is 3.07. The Morgan fingerprint density at radius 3 is 2.47 bits per heavy atom. The van der Waals surface area contributed by atoms with Gasteiger partial charge in [0.1, 0.15) is 5.82 Å². The van der Waals surface area contributed by atoms with Crippen LogP contribution in [0.2, 0.25) is 0 Å². The lowest BCUT2D eigenvalue weighted by molar-refractivity contribution is 0.583. The minimum absolute atomic E-state index is 0.0940. The van der Waals surface area contributed by atoms with Crippen molar-refractivity contribution in [1.29, 1.82) is 0 Å². The van der Waals surface area contributed by atoms with Crippen LogP contribution in [0.4, 0.5) is 10.1 Å². The zero-order chi connectivity index (χ0) is 10.8. The van der Waals surface area contributed by atoms with Gasteiger partial charge < -0.3 is 10.2 Å². The van der Waals surface area contributed by atoms with Gasteiger partial charge in [-0.2, -0.15) is 0 Å². The molecule has 0 aliphatic carbocycles. The smallest absolute Gasteiger partial charge is 0.128 e. The van der Waals surface area contributed by atoms with Gasteiger partial charge >= 0.3 is 0 Å². The molecule has 0 radical (unpaired) electrons. The first-order chi connectivity index (χ1) is 7.18.